The van der Waals surface area contributed by atoms with E-state index < -0.39 is 27.3 Å². The van der Waals surface area contributed by atoms with Crippen LogP contribution < -0.4 is 4.72 Å². The smallest absolute Gasteiger partial charge is 0.313 e. The van der Waals surface area contributed by atoms with Gasteiger partial charge in [-0.2, -0.15) is 0 Å². The maximum atomic E-state index is 12.7. The summed E-state index contributed by atoms with van der Waals surface area (Å²) in [6.45, 7) is 3.72. The Kier molecular flexibility index (Phi) is 6.05. The molecule has 1 fully saturated rings. The van der Waals surface area contributed by atoms with Crippen LogP contribution in [0.4, 0.5) is 0 Å². The van der Waals surface area contributed by atoms with Crippen LogP contribution in [0, 0.1) is 5.41 Å². The van der Waals surface area contributed by atoms with Crippen molar-refractivity contribution in [3.05, 3.63) is 29.8 Å². The van der Waals surface area contributed by atoms with E-state index in [4.69, 9.17) is 4.74 Å². The highest BCUT2D eigenvalue weighted by atomic mass is 32.2. The standard InChI is InChI=1S/C17H24N2O6S/c1-12(2)18-26(23,24)14-6-4-5-13(9-14)15(20)19-8-7-17(10-19,11-25-3)16(21)22/h4-6,9,12,18H,7-8,10-11H2,1-3H3,(H,21,22). The molecule has 9 heteroatoms. The first-order valence-electron chi connectivity index (χ1n) is 8.25. The van der Waals surface area contributed by atoms with Gasteiger partial charge in [-0.15, -0.1) is 0 Å². The van der Waals surface area contributed by atoms with Crippen molar-refractivity contribution in [2.75, 3.05) is 26.8 Å². The molecule has 8 nitrogen and oxygen atoms in total. The number of hydrogen-bond acceptors (Lipinski definition) is 5. The van der Waals surface area contributed by atoms with Gasteiger partial charge in [-0.05, 0) is 38.5 Å². The fraction of sp³-hybridized carbons (Fsp3) is 0.529. The Bertz CT molecular complexity index is 792. The minimum atomic E-state index is -3.72. The molecule has 1 amide bonds. The molecule has 0 bridgehead atoms. The Morgan fingerprint density at radius 1 is 1.38 bits per heavy atom. The molecule has 2 rings (SSSR count). The zero-order valence-electron chi connectivity index (χ0n) is 15.1. The topological polar surface area (TPSA) is 113 Å². The molecule has 2 N–H and O–H groups in total. The fourth-order valence-electron chi connectivity index (χ4n) is 3.03. The lowest BCUT2D eigenvalue weighted by Crippen LogP contribution is -2.40. The quantitative estimate of drug-likeness (QED) is 0.723. The van der Waals surface area contributed by atoms with Crippen LogP contribution in [0.25, 0.3) is 0 Å². The lowest BCUT2D eigenvalue weighted by molar-refractivity contribution is -0.151. The molecule has 0 spiro atoms. The van der Waals surface area contributed by atoms with Crippen LogP contribution in [0.2, 0.25) is 0 Å². The summed E-state index contributed by atoms with van der Waals surface area (Å²) < 4.78 is 32.1. The van der Waals surface area contributed by atoms with Gasteiger partial charge in [0.1, 0.15) is 5.41 Å². The lowest BCUT2D eigenvalue weighted by atomic mass is 9.88. The summed E-state index contributed by atoms with van der Waals surface area (Å²) in [5.74, 6) is -1.40. The number of carbonyl (C=O) groups is 2. The Balaban J connectivity index is 2.24. The van der Waals surface area contributed by atoms with Crippen LogP contribution in [0.15, 0.2) is 29.2 Å². The summed E-state index contributed by atoms with van der Waals surface area (Å²) in [5, 5.41) is 9.49. The minimum Gasteiger partial charge on any atom is -0.481 e. The number of methoxy groups -OCH3 is 1. The number of nitrogens with one attached hydrogen (secondary N) is 1. The first kappa shape index (κ1) is 20.3. The third-order valence-corrected chi connectivity index (χ3v) is 5.95. The Morgan fingerprint density at radius 2 is 2.08 bits per heavy atom. The van der Waals surface area contributed by atoms with Gasteiger partial charge in [-0.1, -0.05) is 6.07 Å². The van der Waals surface area contributed by atoms with Gasteiger partial charge in [-0.25, -0.2) is 13.1 Å². The summed E-state index contributed by atoms with van der Waals surface area (Å²) in [5.41, 5.74) is -0.928. The second kappa shape index (κ2) is 7.73. The number of rotatable bonds is 7. The first-order valence-corrected chi connectivity index (χ1v) is 9.73. The van der Waals surface area contributed by atoms with Gasteiger partial charge in [0.05, 0.1) is 11.5 Å². The molecule has 0 saturated carbocycles. The summed E-state index contributed by atoms with van der Waals surface area (Å²) >= 11 is 0. The van der Waals surface area contributed by atoms with Crippen LogP contribution in [-0.4, -0.2) is 63.1 Å². The number of ether oxygens (including phenoxy) is 1. The summed E-state index contributed by atoms with van der Waals surface area (Å²) in [4.78, 5) is 25.8. The molecule has 1 aromatic carbocycles. The molecular formula is C17H24N2O6S. The van der Waals surface area contributed by atoms with E-state index in [1.54, 1.807) is 13.8 Å². The van der Waals surface area contributed by atoms with Crippen molar-refractivity contribution >= 4 is 21.9 Å². The molecule has 1 aromatic rings. The van der Waals surface area contributed by atoms with Gasteiger partial charge in [0, 0.05) is 31.8 Å². The van der Waals surface area contributed by atoms with Gasteiger partial charge >= 0.3 is 5.97 Å². The van der Waals surface area contributed by atoms with Gasteiger partial charge in [0.2, 0.25) is 10.0 Å². The maximum Gasteiger partial charge on any atom is 0.313 e. The highest BCUT2D eigenvalue weighted by molar-refractivity contribution is 7.89. The minimum absolute atomic E-state index is 0.00219. The van der Waals surface area contributed by atoms with Crippen LogP contribution in [0.1, 0.15) is 30.6 Å². The molecule has 1 aliphatic rings. The van der Waals surface area contributed by atoms with Crippen molar-refractivity contribution in [1.82, 2.24) is 9.62 Å². The predicted molar refractivity (Wildman–Crippen MR) is 94.4 cm³/mol. The Labute approximate surface area is 153 Å². The zero-order chi connectivity index (χ0) is 19.5. The third-order valence-electron chi connectivity index (χ3n) is 4.30. The normalized spacial score (nSPS) is 20.5. The van der Waals surface area contributed by atoms with E-state index in [9.17, 15) is 23.1 Å². The molecular weight excluding hydrogens is 360 g/mol. The largest absolute Gasteiger partial charge is 0.481 e. The second-order valence-corrected chi connectivity index (χ2v) is 8.51. The van der Waals surface area contributed by atoms with Crippen molar-refractivity contribution in [2.24, 2.45) is 5.41 Å². The number of amides is 1. The number of aliphatic carboxylic acids is 1. The number of carbonyl (C=O) groups excluding carboxylic acids is 1. The molecule has 1 unspecified atom stereocenters. The zero-order valence-corrected chi connectivity index (χ0v) is 15.9. The molecule has 0 aliphatic carbocycles. The lowest BCUT2D eigenvalue weighted by Gasteiger charge is -2.24. The van der Waals surface area contributed by atoms with Crippen LogP contribution in [-0.2, 0) is 19.6 Å². The molecule has 1 saturated heterocycles. The molecule has 144 valence electrons. The van der Waals surface area contributed by atoms with E-state index in [2.05, 4.69) is 4.72 Å². The van der Waals surface area contributed by atoms with Crippen LogP contribution in [0.5, 0.6) is 0 Å². The Hall–Kier alpha value is -1.97. The number of nitrogens with zero attached hydrogens (tertiary/aromatic N) is 1. The van der Waals surface area contributed by atoms with Gasteiger partial charge in [-0.3, -0.25) is 9.59 Å². The number of benzene rings is 1. The molecule has 1 aliphatic heterocycles. The van der Waals surface area contributed by atoms with E-state index in [-0.39, 0.29) is 42.6 Å². The maximum absolute atomic E-state index is 12.7. The van der Waals surface area contributed by atoms with Crippen molar-refractivity contribution in [2.45, 2.75) is 31.2 Å². The van der Waals surface area contributed by atoms with Crippen molar-refractivity contribution < 1.29 is 27.9 Å². The second-order valence-electron chi connectivity index (χ2n) is 6.80. The van der Waals surface area contributed by atoms with Crippen LogP contribution >= 0.6 is 0 Å². The first-order chi connectivity index (χ1) is 12.1. The van der Waals surface area contributed by atoms with Crippen molar-refractivity contribution in [3.8, 4) is 0 Å². The van der Waals surface area contributed by atoms with E-state index in [0.717, 1.165) is 0 Å². The summed E-state index contributed by atoms with van der Waals surface area (Å²) in [6.07, 6.45) is 0.287. The Morgan fingerprint density at radius 3 is 2.65 bits per heavy atom. The van der Waals surface area contributed by atoms with E-state index in [1.807, 2.05) is 0 Å². The van der Waals surface area contributed by atoms with Crippen molar-refractivity contribution in [3.63, 3.8) is 0 Å². The molecule has 0 aromatic heterocycles. The summed E-state index contributed by atoms with van der Waals surface area (Å²) in [6, 6.07) is 5.47. The number of carboxylic acids is 1. The molecule has 26 heavy (non-hydrogen) atoms. The van der Waals surface area contributed by atoms with E-state index in [1.165, 1.54) is 36.3 Å². The molecule has 0 radical (unpaired) electrons. The van der Waals surface area contributed by atoms with Gasteiger partial charge in [0.25, 0.3) is 5.91 Å². The number of sulfonamides is 1. The fourth-order valence-corrected chi connectivity index (χ4v) is 4.33. The van der Waals surface area contributed by atoms with E-state index >= 15 is 0 Å². The monoisotopic (exact) mass is 384 g/mol. The third kappa shape index (κ3) is 4.22. The number of carboxylic acid groups (broad SMARTS) is 1. The summed E-state index contributed by atoms with van der Waals surface area (Å²) in [7, 11) is -2.30. The average molecular weight is 384 g/mol. The molecule has 1 atom stereocenters. The average Bonchev–Trinajstić information content (AvgIpc) is 2.99. The van der Waals surface area contributed by atoms with Crippen LogP contribution in [0.3, 0.4) is 0 Å². The van der Waals surface area contributed by atoms with Gasteiger partial charge < -0.3 is 14.7 Å². The van der Waals surface area contributed by atoms with Gasteiger partial charge in [0.15, 0.2) is 0 Å². The predicted octanol–water partition coefficient (Wildman–Crippen LogP) is 0.937. The number of likely N-dealkylation sites (tertiary alicyclic amines) is 1. The SMILES string of the molecule is COCC1(C(=O)O)CCN(C(=O)c2cccc(S(=O)(=O)NC(C)C)c2)C1. The van der Waals surface area contributed by atoms with E-state index in [0.29, 0.717) is 0 Å². The highest BCUT2D eigenvalue weighted by Gasteiger charge is 2.46. The highest BCUT2D eigenvalue weighted by Crippen LogP contribution is 2.32. The van der Waals surface area contributed by atoms with Crippen molar-refractivity contribution in [1.29, 1.82) is 0 Å². The number of hydrogen-bond donors (Lipinski definition) is 2. The molecule has 1 heterocycles.